The number of rotatable bonds is 3. The molecule has 0 spiro atoms. The summed E-state index contributed by atoms with van der Waals surface area (Å²) in [6.45, 7) is 0. The Morgan fingerprint density at radius 2 is 1.90 bits per heavy atom. The molecule has 0 unspecified atom stereocenters. The van der Waals surface area contributed by atoms with Crippen LogP contribution in [0.15, 0.2) is 24.4 Å². The number of carbonyl (C=O) groups excluding carboxylic acids is 1. The van der Waals surface area contributed by atoms with Gasteiger partial charge in [-0.3, -0.25) is 0 Å². The number of hydrogen-bond donors (Lipinski definition) is 2. The van der Waals surface area contributed by atoms with Gasteiger partial charge < -0.3 is 15.8 Å². The van der Waals surface area contributed by atoms with E-state index in [0.29, 0.717) is 20.8 Å². The van der Waals surface area contributed by atoms with E-state index in [0.717, 1.165) is 0 Å². The first kappa shape index (κ1) is 15.7. The van der Waals surface area contributed by atoms with Crippen LogP contribution < -0.4 is 11.1 Å². The lowest BCUT2D eigenvalue weighted by molar-refractivity contribution is 0.0602. The average molecular weight is 347 g/mol. The second-order valence-electron chi connectivity index (χ2n) is 3.98. The number of anilines is 3. The molecule has 0 radical (unpaired) electrons. The second kappa shape index (κ2) is 6.39. The lowest BCUT2D eigenvalue weighted by Gasteiger charge is -2.12. The van der Waals surface area contributed by atoms with Gasteiger partial charge >= 0.3 is 5.97 Å². The van der Waals surface area contributed by atoms with Crippen LogP contribution in [-0.4, -0.2) is 18.1 Å². The van der Waals surface area contributed by atoms with E-state index in [1.807, 2.05) is 0 Å². The molecular formula is C13H10Cl3N3O2. The number of nitrogen functional groups attached to an aromatic ring is 1. The average Bonchev–Trinajstić information content (AvgIpc) is 2.46. The Bertz CT molecular complexity index is 707. The second-order valence-corrected chi connectivity index (χ2v) is 5.21. The van der Waals surface area contributed by atoms with Crippen molar-refractivity contribution in [2.75, 3.05) is 18.2 Å². The number of carbonyl (C=O) groups is 1. The number of halogens is 3. The van der Waals surface area contributed by atoms with E-state index in [-0.39, 0.29) is 17.1 Å². The minimum atomic E-state index is -0.557. The molecule has 0 aliphatic heterocycles. The van der Waals surface area contributed by atoms with Gasteiger partial charge in [0.15, 0.2) is 5.82 Å². The lowest BCUT2D eigenvalue weighted by Crippen LogP contribution is -2.09. The van der Waals surface area contributed by atoms with Crippen molar-refractivity contribution in [1.29, 1.82) is 0 Å². The van der Waals surface area contributed by atoms with Gasteiger partial charge in [0, 0.05) is 6.20 Å². The van der Waals surface area contributed by atoms with Crippen molar-refractivity contribution < 1.29 is 9.53 Å². The molecule has 1 aromatic carbocycles. The molecule has 110 valence electrons. The van der Waals surface area contributed by atoms with Crippen molar-refractivity contribution >= 4 is 58.0 Å². The minimum Gasteiger partial charge on any atom is -0.465 e. The molecule has 5 nitrogen and oxygen atoms in total. The molecule has 0 saturated carbocycles. The number of esters is 1. The third kappa shape index (κ3) is 3.32. The van der Waals surface area contributed by atoms with E-state index >= 15 is 0 Å². The van der Waals surface area contributed by atoms with E-state index in [1.54, 1.807) is 0 Å². The topological polar surface area (TPSA) is 77.2 Å². The molecule has 1 aromatic heterocycles. The fourth-order valence-corrected chi connectivity index (χ4v) is 2.20. The smallest absolute Gasteiger partial charge is 0.340 e. The Labute approximate surface area is 136 Å². The van der Waals surface area contributed by atoms with Crippen LogP contribution in [0.2, 0.25) is 15.1 Å². The first-order valence-electron chi connectivity index (χ1n) is 5.68. The maximum atomic E-state index is 11.6. The Hall–Kier alpha value is -1.69. The SMILES string of the molecule is COC(=O)c1ccnc(Nc2cc(Cl)c(Cl)cc2Cl)c1N. The number of methoxy groups -OCH3 is 1. The molecule has 1 heterocycles. The van der Waals surface area contributed by atoms with Crippen molar-refractivity contribution in [2.45, 2.75) is 0 Å². The van der Waals surface area contributed by atoms with E-state index in [2.05, 4.69) is 15.0 Å². The van der Waals surface area contributed by atoms with E-state index < -0.39 is 5.97 Å². The van der Waals surface area contributed by atoms with Crippen LogP contribution in [0, 0.1) is 0 Å². The zero-order valence-corrected chi connectivity index (χ0v) is 13.1. The molecule has 2 aromatic rings. The molecule has 2 rings (SSSR count). The molecule has 21 heavy (non-hydrogen) atoms. The van der Waals surface area contributed by atoms with E-state index in [9.17, 15) is 4.79 Å². The van der Waals surface area contributed by atoms with Crippen LogP contribution in [0.1, 0.15) is 10.4 Å². The van der Waals surface area contributed by atoms with Crippen LogP contribution in [0.3, 0.4) is 0 Å². The monoisotopic (exact) mass is 345 g/mol. The molecule has 3 N–H and O–H groups in total. The zero-order valence-electron chi connectivity index (χ0n) is 10.8. The highest BCUT2D eigenvalue weighted by molar-refractivity contribution is 6.44. The Morgan fingerprint density at radius 1 is 1.24 bits per heavy atom. The molecule has 8 heteroatoms. The molecule has 0 atom stereocenters. The third-order valence-corrected chi connectivity index (χ3v) is 3.69. The highest BCUT2D eigenvalue weighted by Crippen LogP contribution is 2.35. The van der Waals surface area contributed by atoms with Gasteiger partial charge in [-0.1, -0.05) is 34.8 Å². The van der Waals surface area contributed by atoms with Gasteiger partial charge in [-0.2, -0.15) is 0 Å². The maximum absolute atomic E-state index is 11.6. The molecule has 0 aliphatic rings. The van der Waals surface area contributed by atoms with Crippen LogP contribution >= 0.6 is 34.8 Å². The number of pyridine rings is 1. The van der Waals surface area contributed by atoms with Gasteiger partial charge in [-0.25, -0.2) is 9.78 Å². The molecular weight excluding hydrogens is 337 g/mol. The van der Waals surface area contributed by atoms with Gasteiger partial charge in [0.2, 0.25) is 0 Å². The van der Waals surface area contributed by atoms with Crippen LogP contribution in [-0.2, 0) is 4.74 Å². The summed E-state index contributed by atoms with van der Waals surface area (Å²) in [6.07, 6.45) is 1.43. The number of nitrogens with one attached hydrogen (secondary N) is 1. The van der Waals surface area contributed by atoms with Crippen LogP contribution in [0.25, 0.3) is 0 Å². The summed E-state index contributed by atoms with van der Waals surface area (Å²) < 4.78 is 4.64. The van der Waals surface area contributed by atoms with Gasteiger partial charge in [-0.05, 0) is 18.2 Å². The zero-order chi connectivity index (χ0) is 15.6. The third-order valence-electron chi connectivity index (χ3n) is 2.66. The number of nitrogens with two attached hydrogens (primary N) is 1. The Balaban J connectivity index is 2.41. The fraction of sp³-hybridized carbons (Fsp3) is 0.0769. The van der Waals surface area contributed by atoms with Crippen molar-refractivity contribution in [2.24, 2.45) is 0 Å². The molecule has 0 saturated heterocycles. The largest absolute Gasteiger partial charge is 0.465 e. The Kier molecular flexibility index (Phi) is 4.77. The van der Waals surface area contributed by atoms with Gasteiger partial charge in [0.05, 0.1) is 39.1 Å². The maximum Gasteiger partial charge on any atom is 0.340 e. The first-order valence-corrected chi connectivity index (χ1v) is 6.81. The summed E-state index contributed by atoms with van der Waals surface area (Å²) in [6, 6.07) is 4.50. The number of hydrogen-bond acceptors (Lipinski definition) is 5. The first-order chi connectivity index (χ1) is 9.93. The molecule has 0 fully saturated rings. The van der Waals surface area contributed by atoms with Crippen molar-refractivity contribution in [3.8, 4) is 0 Å². The van der Waals surface area contributed by atoms with Gasteiger partial charge in [-0.15, -0.1) is 0 Å². The number of ether oxygens (including phenoxy) is 1. The van der Waals surface area contributed by atoms with E-state index in [1.165, 1.54) is 31.5 Å². The summed E-state index contributed by atoms with van der Waals surface area (Å²) in [5.74, 6) is -0.295. The predicted octanol–water partition coefficient (Wildman–Crippen LogP) is 4.15. The minimum absolute atomic E-state index is 0.145. The summed E-state index contributed by atoms with van der Waals surface area (Å²) in [4.78, 5) is 15.6. The Morgan fingerprint density at radius 3 is 2.57 bits per heavy atom. The van der Waals surface area contributed by atoms with Crippen molar-refractivity contribution in [3.05, 3.63) is 45.0 Å². The summed E-state index contributed by atoms with van der Waals surface area (Å²) in [5.41, 5.74) is 6.71. The molecule has 0 bridgehead atoms. The lowest BCUT2D eigenvalue weighted by atomic mass is 10.2. The number of aromatic nitrogens is 1. The summed E-state index contributed by atoms with van der Waals surface area (Å²) >= 11 is 17.9. The fourth-order valence-electron chi connectivity index (χ4n) is 1.61. The summed E-state index contributed by atoms with van der Waals surface area (Å²) in [5, 5.41) is 3.91. The predicted molar refractivity (Wildman–Crippen MR) is 84.7 cm³/mol. The standard InChI is InChI=1S/C13H10Cl3N3O2/c1-21-13(20)6-2-3-18-12(11(6)17)19-10-5-8(15)7(14)4-9(10)16/h2-5H,17H2,1H3,(H,18,19). The molecule has 0 amide bonds. The van der Waals surface area contributed by atoms with E-state index in [4.69, 9.17) is 40.5 Å². The summed E-state index contributed by atoms with van der Waals surface area (Å²) in [7, 11) is 1.27. The number of benzene rings is 1. The van der Waals surface area contributed by atoms with Crippen molar-refractivity contribution in [1.82, 2.24) is 4.98 Å². The van der Waals surface area contributed by atoms with Gasteiger partial charge in [0.25, 0.3) is 0 Å². The highest BCUT2D eigenvalue weighted by atomic mass is 35.5. The molecule has 0 aliphatic carbocycles. The van der Waals surface area contributed by atoms with Gasteiger partial charge in [0.1, 0.15) is 0 Å². The highest BCUT2D eigenvalue weighted by Gasteiger charge is 2.15. The number of nitrogens with zero attached hydrogens (tertiary/aromatic N) is 1. The van der Waals surface area contributed by atoms with Crippen LogP contribution in [0.5, 0.6) is 0 Å². The van der Waals surface area contributed by atoms with Crippen molar-refractivity contribution in [3.63, 3.8) is 0 Å². The quantitative estimate of drug-likeness (QED) is 0.645. The normalized spacial score (nSPS) is 10.3. The van der Waals surface area contributed by atoms with Crippen LogP contribution in [0.4, 0.5) is 17.2 Å².